The number of aryl methyl sites for hydroxylation is 1. The third-order valence-electron chi connectivity index (χ3n) is 7.91. The van der Waals surface area contributed by atoms with E-state index in [9.17, 15) is 18.8 Å². The number of piperazine rings is 1. The van der Waals surface area contributed by atoms with Crippen molar-refractivity contribution in [1.29, 1.82) is 0 Å². The minimum atomic E-state index is -1.04. The minimum Gasteiger partial charge on any atom is -0.495 e. The number of carbonyl (C=O) groups excluding carboxylic acids is 3. The van der Waals surface area contributed by atoms with E-state index in [1.165, 1.54) is 24.1 Å². The summed E-state index contributed by atoms with van der Waals surface area (Å²) in [4.78, 5) is 44.2. The number of carbonyl (C=O) groups is 3. The molecule has 2 heterocycles. The van der Waals surface area contributed by atoms with Crippen LogP contribution in [0.15, 0.2) is 66.7 Å². The normalized spacial score (nSPS) is 18.6. The van der Waals surface area contributed by atoms with Gasteiger partial charge in [-0.15, -0.1) is 0 Å². The number of halogens is 1. The fraction of sp³-hybridized carbons (Fsp3) is 0.400. The van der Waals surface area contributed by atoms with E-state index in [1.54, 1.807) is 39.0 Å². The van der Waals surface area contributed by atoms with Gasteiger partial charge < -0.3 is 29.3 Å². The van der Waals surface area contributed by atoms with Gasteiger partial charge in [-0.1, -0.05) is 42.5 Å². The number of esters is 2. The Kier molecular flexibility index (Phi) is 9.72. The maximum Gasteiger partial charge on any atom is 0.330 e. The first-order valence-electron chi connectivity index (χ1n) is 15.2. The highest BCUT2D eigenvalue weighted by Crippen LogP contribution is 2.41. The van der Waals surface area contributed by atoms with E-state index in [2.05, 4.69) is 5.32 Å². The fourth-order valence-corrected chi connectivity index (χ4v) is 5.77. The number of methoxy groups -OCH3 is 1. The largest absolute Gasteiger partial charge is 0.495 e. The molecule has 1 saturated heterocycles. The Hall–Kier alpha value is -4.44. The van der Waals surface area contributed by atoms with E-state index >= 15 is 0 Å². The number of benzene rings is 3. The first kappa shape index (κ1) is 32.0. The van der Waals surface area contributed by atoms with Crippen molar-refractivity contribution in [3.8, 4) is 5.75 Å². The summed E-state index contributed by atoms with van der Waals surface area (Å²) in [6.07, 6.45) is 0.632. The molecule has 0 saturated carbocycles. The highest BCUT2D eigenvalue weighted by Gasteiger charge is 2.39. The number of rotatable bonds is 8. The molecule has 0 aromatic heterocycles. The van der Waals surface area contributed by atoms with Crippen molar-refractivity contribution >= 4 is 29.2 Å². The van der Waals surface area contributed by atoms with Gasteiger partial charge in [0.2, 0.25) is 5.91 Å². The van der Waals surface area contributed by atoms with Gasteiger partial charge in [-0.3, -0.25) is 9.59 Å². The lowest BCUT2D eigenvalue weighted by Gasteiger charge is -2.37. The molecule has 3 aromatic carbocycles. The predicted octanol–water partition coefficient (Wildman–Crippen LogP) is 4.79. The molecule has 45 heavy (non-hydrogen) atoms. The van der Waals surface area contributed by atoms with Crippen LogP contribution >= 0.6 is 0 Å². The number of anilines is 2. The van der Waals surface area contributed by atoms with Gasteiger partial charge >= 0.3 is 11.9 Å². The number of nitrogens with one attached hydrogen (secondary N) is 1. The Bertz CT molecular complexity index is 1540. The van der Waals surface area contributed by atoms with Gasteiger partial charge in [0.25, 0.3) is 0 Å². The van der Waals surface area contributed by atoms with Crippen LogP contribution in [0.1, 0.15) is 43.9 Å². The Labute approximate surface area is 263 Å². The van der Waals surface area contributed by atoms with Crippen molar-refractivity contribution in [2.75, 3.05) is 36.5 Å². The van der Waals surface area contributed by atoms with Crippen molar-refractivity contribution in [3.05, 3.63) is 89.2 Å². The second-order valence-electron chi connectivity index (χ2n) is 12.3. The van der Waals surface area contributed by atoms with E-state index < -0.39 is 35.3 Å². The maximum atomic E-state index is 14.2. The highest BCUT2D eigenvalue weighted by atomic mass is 19.1. The standard InChI is InChI=1S/C35H40FN3O6/c1-35(2,3)45-33(41)27-14-13-25-18-29(38-16-15-37-20-30(38)34(42)44-22-23-9-6-5-7-10-23)31(43-4)19-28(25)39(32(27)40)21-24-11-8-12-26(36)17-24/h5-12,17-19,27,30,37H,13-16,20-22H2,1-4H3. The number of hydrogen-bond donors (Lipinski definition) is 1. The molecular formula is C35H40FN3O6. The van der Waals surface area contributed by atoms with Gasteiger partial charge in [0.15, 0.2) is 0 Å². The van der Waals surface area contributed by atoms with Crippen molar-refractivity contribution < 1.29 is 33.0 Å². The number of fused-ring (bicyclic) bond motifs is 1. The molecule has 1 amide bonds. The van der Waals surface area contributed by atoms with Crippen molar-refractivity contribution in [1.82, 2.24) is 5.32 Å². The van der Waals surface area contributed by atoms with Gasteiger partial charge in [0, 0.05) is 25.7 Å². The van der Waals surface area contributed by atoms with E-state index in [4.69, 9.17) is 14.2 Å². The molecule has 10 heteroatoms. The molecule has 0 radical (unpaired) electrons. The lowest BCUT2D eigenvalue weighted by atomic mass is 9.99. The van der Waals surface area contributed by atoms with Gasteiger partial charge in [0.05, 0.1) is 25.0 Å². The molecule has 2 atom stereocenters. The zero-order valence-electron chi connectivity index (χ0n) is 26.2. The smallest absolute Gasteiger partial charge is 0.330 e. The van der Waals surface area contributed by atoms with Crippen LogP contribution in [-0.4, -0.2) is 56.2 Å². The molecule has 0 spiro atoms. The number of ether oxygens (including phenoxy) is 3. The molecular weight excluding hydrogens is 577 g/mol. The zero-order chi connectivity index (χ0) is 32.1. The molecule has 9 nitrogen and oxygen atoms in total. The van der Waals surface area contributed by atoms with Crippen LogP contribution in [0.2, 0.25) is 0 Å². The molecule has 5 rings (SSSR count). The summed E-state index contributed by atoms with van der Waals surface area (Å²) in [7, 11) is 1.54. The zero-order valence-corrected chi connectivity index (χ0v) is 26.2. The van der Waals surface area contributed by atoms with Gasteiger partial charge in [-0.25, -0.2) is 9.18 Å². The van der Waals surface area contributed by atoms with Crippen molar-refractivity contribution in [3.63, 3.8) is 0 Å². The van der Waals surface area contributed by atoms with Crippen LogP contribution < -0.4 is 19.9 Å². The summed E-state index contributed by atoms with van der Waals surface area (Å²) >= 11 is 0. The summed E-state index contributed by atoms with van der Waals surface area (Å²) in [5, 5.41) is 3.29. The molecule has 0 bridgehead atoms. The maximum absolute atomic E-state index is 14.2. The number of hydrogen-bond acceptors (Lipinski definition) is 8. The average Bonchev–Trinajstić information content (AvgIpc) is 3.14. The van der Waals surface area contributed by atoms with Gasteiger partial charge in [0.1, 0.15) is 35.7 Å². The second-order valence-corrected chi connectivity index (χ2v) is 12.3. The number of nitrogens with zero attached hydrogens (tertiary/aromatic N) is 2. The first-order chi connectivity index (χ1) is 21.5. The quantitative estimate of drug-likeness (QED) is 0.285. The van der Waals surface area contributed by atoms with Crippen molar-refractivity contribution in [2.45, 2.75) is 58.4 Å². The van der Waals surface area contributed by atoms with E-state index in [-0.39, 0.29) is 25.5 Å². The van der Waals surface area contributed by atoms with Gasteiger partial charge in [-0.05, 0) is 68.5 Å². The molecule has 1 fully saturated rings. The SMILES string of the molecule is COc1cc2c(cc1N1CCNCC1C(=O)OCc1ccccc1)CCC(C(=O)OC(C)(C)C)C(=O)N2Cc1cccc(F)c1. The molecule has 0 aliphatic carbocycles. The Morgan fingerprint density at radius 2 is 1.73 bits per heavy atom. The van der Waals surface area contributed by atoms with E-state index in [0.29, 0.717) is 48.7 Å². The van der Waals surface area contributed by atoms with Crippen LogP contribution in [0.25, 0.3) is 0 Å². The van der Waals surface area contributed by atoms with Crippen LogP contribution in [0.3, 0.4) is 0 Å². The predicted molar refractivity (Wildman–Crippen MR) is 168 cm³/mol. The second kappa shape index (κ2) is 13.7. The lowest BCUT2D eigenvalue weighted by Crippen LogP contribution is -2.55. The molecule has 1 N–H and O–H groups in total. The van der Waals surface area contributed by atoms with Crippen LogP contribution in [0.4, 0.5) is 15.8 Å². The molecule has 2 aliphatic rings. The minimum absolute atomic E-state index is 0.0491. The topological polar surface area (TPSA) is 97.4 Å². The fourth-order valence-electron chi connectivity index (χ4n) is 5.77. The monoisotopic (exact) mass is 617 g/mol. The average molecular weight is 618 g/mol. The third-order valence-corrected chi connectivity index (χ3v) is 7.91. The Balaban J connectivity index is 1.50. The van der Waals surface area contributed by atoms with Crippen LogP contribution in [0, 0.1) is 11.7 Å². The van der Waals surface area contributed by atoms with Crippen molar-refractivity contribution in [2.24, 2.45) is 5.92 Å². The van der Waals surface area contributed by atoms with E-state index in [1.807, 2.05) is 41.3 Å². The van der Waals surface area contributed by atoms with Crippen LogP contribution in [0.5, 0.6) is 5.75 Å². The number of amides is 1. The summed E-state index contributed by atoms with van der Waals surface area (Å²) in [5.41, 5.74) is 2.75. The Morgan fingerprint density at radius 1 is 0.978 bits per heavy atom. The highest BCUT2D eigenvalue weighted by molar-refractivity contribution is 6.07. The van der Waals surface area contributed by atoms with Crippen LogP contribution in [-0.2, 0) is 43.4 Å². The summed E-state index contributed by atoms with van der Waals surface area (Å²) in [6.45, 7) is 7.05. The lowest BCUT2D eigenvalue weighted by molar-refractivity contribution is -0.162. The van der Waals surface area contributed by atoms with E-state index in [0.717, 1.165) is 11.1 Å². The Morgan fingerprint density at radius 3 is 2.44 bits per heavy atom. The molecule has 2 unspecified atom stereocenters. The molecule has 3 aromatic rings. The summed E-state index contributed by atoms with van der Waals surface area (Å²) < 4.78 is 31.4. The molecule has 238 valence electrons. The summed E-state index contributed by atoms with van der Waals surface area (Å²) in [5.74, 6) is -2.39. The summed E-state index contributed by atoms with van der Waals surface area (Å²) in [6, 6.07) is 18.6. The first-order valence-corrected chi connectivity index (χ1v) is 15.2. The third kappa shape index (κ3) is 7.62. The van der Waals surface area contributed by atoms with Gasteiger partial charge in [-0.2, -0.15) is 0 Å². The molecule has 2 aliphatic heterocycles.